The minimum absolute atomic E-state index is 0.00316. The number of hydrogen-bond acceptors (Lipinski definition) is 5. The van der Waals surface area contributed by atoms with Gasteiger partial charge in [0.25, 0.3) is 0 Å². The number of ketones is 1. The fourth-order valence-corrected chi connectivity index (χ4v) is 2.27. The van der Waals surface area contributed by atoms with E-state index in [2.05, 4.69) is 9.97 Å². The molecule has 3 rings (SSSR count). The summed E-state index contributed by atoms with van der Waals surface area (Å²) >= 11 is 5.67. The number of ether oxygens (including phenoxy) is 1. The highest BCUT2D eigenvalue weighted by atomic mass is 35.5. The number of aromatic hydroxyl groups is 1. The zero-order chi connectivity index (χ0) is 15.7. The van der Waals surface area contributed by atoms with Crippen LogP contribution in [0.2, 0.25) is 5.15 Å². The Morgan fingerprint density at radius 1 is 1.36 bits per heavy atom. The molecule has 5 nitrogen and oxygen atoms in total. The number of carbonyl (C=O) groups is 1. The van der Waals surface area contributed by atoms with Gasteiger partial charge in [0, 0.05) is 11.5 Å². The molecule has 114 valence electrons. The lowest BCUT2D eigenvalue weighted by Gasteiger charge is -2.12. The Balaban J connectivity index is 1.75. The van der Waals surface area contributed by atoms with Crippen molar-refractivity contribution < 1.29 is 14.6 Å². The molecule has 1 aliphatic rings. The van der Waals surface area contributed by atoms with Gasteiger partial charge in [-0.05, 0) is 31.9 Å². The maximum Gasteiger partial charge on any atom is 0.169 e. The largest absolute Gasteiger partial charge is 0.507 e. The van der Waals surface area contributed by atoms with Crippen LogP contribution in [0.1, 0.15) is 34.5 Å². The van der Waals surface area contributed by atoms with Crippen LogP contribution in [0.15, 0.2) is 24.5 Å². The van der Waals surface area contributed by atoms with Gasteiger partial charge in [-0.2, -0.15) is 0 Å². The van der Waals surface area contributed by atoms with Crippen LogP contribution in [0.5, 0.6) is 11.5 Å². The smallest absolute Gasteiger partial charge is 0.169 e. The van der Waals surface area contributed by atoms with Crippen LogP contribution in [0, 0.1) is 12.8 Å². The van der Waals surface area contributed by atoms with Crippen molar-refractivity contribution in [3.63, 3.8) is 0 Å². The fraction of sp³-hybridized carbons (Fsp3) is 0.312. The zero-order valence-electron chi connectivity index (χ0n) is 12.0. The number of aromatic nitrogens is 2. The number of carbonyl (C=O) groups excluding carboxylic acids is 1. The number of Topliss-reactive ketones (excluding diaryl/α,β-unsaturated/α-hetero) is 1. The summed E-state index contributed by atoms with van der Waals surface area (Å²) in [7, 11) is 0. The highest BCUT2D eigenvalue weighted by Gasteiger charge is 2.32. The summed E-state index contributed by atoms with van der Waals surface area (Å²) in [5.74, 6) is 0.593. The summed E-state index contributed by atoms with van der Waals surface area (Å²) in [6.07, 6.45) is 4.79. The molecule has 1 saturated carbocycles. The van der Waals surface area contributed by atoms with Gasteiger partial charge in [0.2, 0.25) is 0 Å². The molecular formula is C16H15ClN2O3. The van der Waals surface area contributed by atoms with Crippen LogP contribution in [0.25, 0.3) is 0 Å². The van der Waals surface area contributed by atoms with Crippen molar-refractivity contribution in [1.82, 2.24) is 9.97 Å². The van der Waals surface area contributed by atoms with Gasteiger partial charge >= 0.3 is 0 Å². The summed E-state index contributed by atoms with van der Waals surface area (Å²) in [6, 6.07) is 3.32. The van der Waals surface area contributed by atoms with E-state index in [9.17, 15) is 9.90 Å². The molecule has 1 aliphatic carbocycles. The molecule has 22 heavy (non-hydrogen) atoms. The molecule has 1 heterocycles. The molecule has 0 aliphatic heterocycles. The summed E-state index contributed by atoms with van der Waals surface area (Å²) in [4.78, 5) is 20.1. The van der Waals surface area contributed by atoms with Gasteiger partial charge in [-0.15, -0.1) is 0 Å². The van der Waals surface area contributed by atoms with E-state index in [0.29, 0.717) is 27.7 Å². The lowest BCUT2D eigenvalue weighted by Crippen LogP contribution is -2.04. The third kappa shape index (κ3) is 3.04. The molecule has 0 unspecified atom stereocenters. The second kappa shape index (κ2) is 5.93. The van der Waals surface area contributed by atoms with Crippen LogP contribution >= 0.6 is 11.6 Å². The van der Waals surface area contributed by atoms with Crippen molar-refractivity contribution >= 4 is 17.4 Å². The average molecular weight is 319 g/mol. The summed E-state index contributed by atoms with van der Waals surface area (Å²) in [5, 5.41) is 10.5. The van der Waals surface area contributed by atoms with Gasteiger partial charge in [0.05, 0.1) is 23.7 Å². The van der Waals surface area contributed by atoms with E-state index in [0.717, 1.165) is 12.8 Å². The topological polar surface area (TPSA) is 72.3 Å². The monoisotopic (exact) mass is 318 g/mol. The molecule has 0 radical (unpaired) electrons. The number of nitrogens with zero attached hydrogens (tertiary/aromatic N) is 2. The van der Waals surface area contributed by atoms with E-state index in [1.807, 2.05) is 0 Å². The minimum atomic E-state index is -0.00316. The van der Waals surface area contributed by atoms with Gasteiger partial charge in [-0.25, -0.2) is 4.98 Å². The predicted molar refractivity (Wildman–Crippen MR) is 81.3 cm³/mol. The van der Waals surface area contributed by atoms with E-state index in [4.69, 9.17) is 16.3 Å². The first-order valence-electron chi connectivity index (χ1n) is 7.02. The van der Waals surface area contributed by atoms with E-state index in [1.165, 1.54) is 12.4 Å². The number of halogens is 1. The molecular weight excluding hydrogens is 304 g/mol. The molecule has 0 spiro atoms. The normalized spacial score (nSPS) is 13.9. The van der Waals surface area contributed by atoms with Crippen LogP contribution in [0.4, 0.5) is 0 Å². The first kappa shape index (κ1) is 14.8. The van der Waals surface area contributed by atoms with E-state index >= 15 is 0 Å². The van der Waals surface area contributed by atoms with Crippen molar-refractivity contribution in [3.8, 4) is 11.5 Å². The number of benzene rings is 1. The van der Waals surface area contributed by atoms with E-state index < -0.39 is 0 Å². The van der Waals surface area contributed by atoms with Crippen LogP contribution in [-0.4, -0.2) is 20.9 Å². The van der Waals surface area contributed by atoms with Crippen molar-refractivity contribution in [2.75, 3.05) is 0 Å². The molecule has 0 amide bonds. The summed E-state index contributed by atoms with van der Waals surface area (Å²) in [5.41, 5.74) is 1.55. The maximum absolute atomic E-state index is 12.1. The molecule has 2 aromatic rings. The Morgan fingerprint density at radius 3 is 2.77 bits per heavy atom. The van der Waals surface area contributed by atoms with Gasteiger partial charge in [-0.1, -0.05) is 11.6 Å². The van der Waals surface area contributed by atoms with E-state index in [1.54, 1.807) is 19.1 Å². The summed E-state index contributed by atoms with van der Waals surface area (Å²) in [6.45, 7) is 1.93. The standard InChI is InChI=1S/C16H15ClN2O3/c1-9-13(22-8-11-6-19-14(17)7-18-11)5-4-12(15(9)20)16(21)10-2-3-10/h4-7,10,20H,2-3,8H2,1H3. The molecule has 0 bridgehead atoms. The second-order valence-electron chi connectivity index (χ2n) is 5.34. The predicted octanol–water partition coefficient (Wildman–Crippen LogP) is 3.32. The third-order valence-electron chi connectivity index (χ3n) is 3.64. The highest BCUT2D eigenvalue weighted by Crippen LogP contribution is 2.38. The molecule has 6 heteroatoms. The lowest BCUT2D eigenvalue weighted by atomic mass is 10.0. The Labute approximate surface area is 132 Å². The van der Waals surface area contributed by atoms with Gasteiger partial charge < -0.3 is 9.84 Å². The van der Waals surface area contributed by atoms with Crippen molar-refractivity contribution in [2.45, 2.75) is 26.4 Å². The number of rotatable bonds is 5. The quantitative estimate of drug-likeness (QED) is 0.856. The van der Waals surface area contributed by atoms with Gasteiger partial charge in [0.1, 0.15) is 23.3 Å². The highest BCUT2D eigenvalue weighted by molar-refractivity contribution is 6.29. The second-order valence-corrected chi connectivity index (χ2v) is 5.73. The number of phenolic OH excluding ortho intramolecular Hbond substituents is 1. The Hall–Kier alpha value is -2.14. The molecule has 0 saturated heterocycles. The van der Waals surface area contributed by atoms with Gasteiger partial charge in [-0.3, -0.25) is 9.78 Å². The van der Waals surface area contributed by atoms with Gasteiger partial charge in [0.15, 0.2) is 5.78 Å². The Kier molecular flexibility index (Phi) is 3.98. The number of hydrogen-bond donors (Lipinski definition) is 1. The van der Waals surface area contributed by atoms with Crippen molar-refractivity contribution in [3.05, 3.63) is 46.5 Å². The molecule has 1 aromatic carbocycles. The van der Waals surface area contributed by atoms with E-state index in [-0.39, 0.29) is 24.1 Å². The van der Waals surface area contributed by atoms with Crippen molar-refractivity contribution in [2.24, 2.45) is 5.92 Å². The molecule has 1 N–H and O–H groups in total. The first-order chi connectivity index (χ1) is 10.6. The summed E-state index contributed by atoms with van der Waals surface area (Å²) < 4.78 is 5.64. The Bertz CT molecular complexity index is 712. The number of phenols is 1. The van der Waals surface area contributed by atoms with Crippen LogP contribution < -0.4 is 4.74 Å². The molecule has 1 fully saturated rings. The van der Waals surface area contributed by atoms with Crippen LogP contribution in [0.3, 0.4) is 0 Å². The lowest BCUT2D eigenvalue weighted by molar-refractivity contribution is 0.0965. The zero-order valence-corrected chi connectivity index (χ0v) is 12.8. The minimum Gasteiger partial charge on any atom is -0.507 e. The maximum atomic E-state index is 12.1. The molecule has 1 aromatic heterocycles. The van der Waals surface area contributed by atoms with Crippen LogP contribution in [-0.2, 0) is 6.61 Å². The molecule has 0 atom stereocenters. The average Bonchev–Trinajstić information content (AvgIpc) is 3.35. The third-order valence-corrected chi connectivity index (χ3v) is 3.84. The fourth-order valence-electron chi connectivity index (χ4n) is 2.17. The van der Waals surface area contributed by atoms with Crippen molar-refractivity contribution in [1.29, 1.82) is 0 Å². The SMILES string of the molecule is Cc1c(OCc2cnc(Cl)cn2)ccc(C(=O)C2CC2)c1O. The first-order valence-corrected chi connectivity index (χ1v) is 7.40. The Morgan fingerprint density at radius 2 is 2.14 bits per heavy atom.